The summed E-state index contributed by atoms with van der Waals surface area (Å²) in [4.78, 5) is 11.6. The standard InChI is InChI=1S/C21H21NO4/c1-3-24-21(23)18(15-22)14-17-6-10-20(11-7-17)26-13-12-25-19-8-4-16(2)5-9-19/h4-11,14H,3,12-13H2,1-2H3/b18-14-. The second-order valence-electron chi connectivity index (χ2n) is 5.47. The maximum Gasteiger partial charge on any atom is 0.348 e. The highest BCUT2D eigenvalue weighted by Gasteiger charge is 2.09. The lowest BCUT2D eigenvalue weighted by molar-refractivity contribution is -0.137. The van der Waals surface area contributed by atoms with Crippen LogP contribution in [-0.2, 0) is 9.53 Å². The number of aryl methyl sites for hydroxylation is 1. The molecule has 2 aromatic carbocycles. The lowest BCUT2D eigenvalue weighted by Crippen LogP contribution is -2.09. The Hall–Kier alpha value is -3.26. The molecule has 0 N–H and O–H groups in total. The van der Waals surface area contributed by atoms with Gasteiger partial charge in [0.25, 0.3) is 0 Å². The van der Waals surface area contributed by atoms with Crippen LogP contribution in [0.3, 0.4) is 0 Å². The van der Waals surface area contributed by atoms with Gasteiger partial charge in [0, 0.05) is 0 Å². The Kier molecular flexibility index (Phi) is 7.26. The summed E-state index contributed by atoms with van der Waals surface area (Å²) in [6.45, 7) is 4.80. The molecule has 0 radical (unpaired) electrons. The highest BCUT2D eigenvalue weighted by atomic mass is 16.5. The zero-order valence-electron chi connectivity index (χ0n) is 14.9. The number of hydrogen-bond donors (Lipinski definition) is 0. The molecule has 0 aliphatic rings. The second kappa shape index (κ2) is 9.90. The fourth-order valence-electron chi connectivity index (χ4n) is 2.13. The van der Waals surface area contributed by atoms with E-state index in [9.17, 15) is 4.79 Å². The SMILES string of the molecule is CCOC(=O)/C(C#N)=C\c1ccc(OCCOc2ccc(C)cc2)cc1. The van der Waals surface area contributed by atoms with Gasteiger partial charge >= 0.3 is 5.97 Å². The van der Waals surface area contributed by atoms with Gasteiger partial charge in [-0.05, 0) is 49.8 Å². The maximum atomic E-state index is 11.6. The molecule has 0 aromatic heterocycles. The first-order valence-electron chi connectivity index (χ1n) is 8.33. The van der Waals surface area contributed by atoms with Crippen LogP contribution in [0.5, 0.6) is 11.5 Å². The molecule has 2 aromatic rings. The summed E-state index contributed by atoms with van der Waals surface area (Å²) < 4.78 is 16.1. The molecule has 0 aliphatic carbocycles. The molecule has 0 aliphatic heterocycles. The number of nitriles is 1. The van der Waals surface area contributed by atoms with Gasteiger partial charge in [-0.3, -0.25) is 0 Å². The van der Waals surface area contributed by atoms with Gasteiger partial charge in [-0.15, -0.1) is 0 Å². The van der Waals surface area contributed by atoms with Gasteiger partial charge in [0.2, 0.25) is 0 Å². The van der Waals surface area contributed by atoms with Crippen molar-refractivity contribution in [2.24, 2.45) is 0 Å². The van der Waals surface area contributed by atoms with Gasteiger partial charge in [0.05, 0.1) is 6.61 Å². The quantitative estimate of drug-likeness (QED) is 0.312. The van der Waals surface area contributed by atoms with Crippen LogP contribution in [0.15, 0.2) is 54.1 Å². The Morgan fingerprint density at radius 3 is 2.04 bits per heavy atom. The molecular formula is C21H21NO4. The van der Waals surface area contributed by atoms with Gasteiger partial charge in [0.15, 0.2) is 0 Å². The minimum absolute atomic E-state index is 0.0352. The number of benzene rings is 2. The molecule has 0 saturated heterocycles. The van der Waals surface area contributed by atoms with E-state index in [2.05, 4.69) is 0 Å². The molecule has 0 atom stereocenters. The topological polar surface area (TPSA) is 68.6 Å². The Bertz CT molecular complexity index is 786. The van der Waals surface area contributed by atoms with Gasteiger partial charge < -0.3 is 14.2 Å². The first-order chi connectivity index (χ1) is 12.6. The van der Waals surface area contributed by atoms with Crippen LogP contribution in [0.4, 0.5) is 0 Å². The average Bonchev–Trinajstić information content (AvgIpc) is 2.66. The first-order valence-corrected chi connectivity index (χ1v) is 8.33. The molecule has 0 unspecified atom stereocenters. The third kappa shape index (κ3) is 5.99. The zero-order valence-corrected chi connectivity index (χ0v) is 14.9. The molecule has 0 saturated carbocycles. The summed E-state index contributed by atoms with van der Waals surface area (Å²) in [7, 11) is 0. The molecule has 0 bridgehead atoms. The van der Waals surface area contributed by atoms with Gasteiger partial charge in [-0.1, -0.05) is 29.8 Å². The molecular weight excluding hydrogens is 330 g/mol. The third-order valence-corrected chi connectivity index (χ3v) is 3.45. The normalized spacial score (nSPS) is 10.7. The van der Waals surface area contributed by atoms with Crippen LogP contribution in [0.1, 0.15) is 18.1 Å². The molecule has 5 nitrogen and oxygen atoms in total. The van der Waals surface area contributed by atoms with Gasteiger partial charge in [0.1, 0.15) is 36.4 Å². The summed E-state index contributed by atoms with van der Waals surface area (Å²) in [6, 6.07) is 16.8. The number of esters is 1. The summed E-state index contributed by atoms with van der Waals surface area (Å²) in [5.74, 6) is 0.871. The number of carbonyl (C=O) groups excluding carboxylic acids is 1. The van der Waals surface area contributed by atoms with Gasteiger partial charge in [-0.25, -0.2) is 4.79 Å². The van der Waals surface area contributed by atoms with Crippen LogP contribution in [0.25, 0.3) is 6.08 Å². The van der Waals surface area contributed by atoms with Crippen molar-refractivity contribution < 1.29 is 19.0 Å². The minimum Gasteiger partial charge on any atom is -0.490 e. The Labute approximate surface area is 153 Å². The first kappa shape index (κ1) is 19.1. The van der Waals surface area contributed by atoms with Crippen LogP contribution < -0.4 is 9.47 Å². The number of carbonyl (C=O) groups is 1. The summed E-state index contributed by atoms with van der Waals surface area (Å²) in [5.41, 5.74) is 1.87. The lowest BCUT2D eigenvalue weighted by Gasteiger charge is -2.09. The number of ether oxygens (including phenoxy) is 3. The monoisotopic (exact) mass is 351 g/mol. The molecule has 2 rings (SSSR count). The van der Waals surface area contributed by atoms with Crippen molar-refractivity contribution in [2.75, 3.05) is 19.8 Å². The van der Waals surface area contributed by atoms with Crippen molar-refractivity contribution in [2.45, 2.75) is 13.8 Å². The van der Waals surface area contributed by atoms with Crippen molar-refractivity contribution in [1.29, 1.82) is 5.26 Å². The van der Waals surface area contributed by atoms with Crippen molar-refractivity contribution in [1.82, 2.24) is 0 Å². The molecule has 0 fully saturated rings. The van der Waals surface area contributed by atoms with Gasteiger partial charge in [-0.2, -0.15) is 5.26 Å². The van der Waals surface area contributed by atoms with Crippen LogP contribution in [0.2, 0.25) is 0 Å². The van der Waals surface area contributed by atoms with Crippen molar-refractivity contribution in [3.63, 3.8) is 0 Å². The number of hydrogen-bond acceptors (Lipinski definition) is 5. The molecule has 5 heteroatoms. The van der Waals surface area contributed by atoms with Crippen molar-refractivity contribution in [3.05, 3.63) is 65.2 Å². The minimum atomic E-state index is -0.622. The van der Waals surface area contributed by atoms with E-state index in [1.165, 1.54) is 11.6 Å². The van der Waals surface area contributed by atoms with Crippen LogP contribution in [0, 0.1) is 18.3 Å². The molecule has 0 amide bonds. The third-order valence-electron chi connectivity index (χ3n) is 3.45. The average molecular weight is 351 g/mol. The molecule has 134 valence electrons. The maximum absolute atomic E-state index is 11.6. The van der Waals surface area contributed by atoms with E-state index in [-0.39, 0.29) is 12.2 Å². The summed E-state index contributed by atoms with van der Waals surface area (Å²) in [5, 5.41) is 9.03. The smallest absolute Gasteiger partial charge is 0.348 e. The van der Waals surface area contributed by atoms with E-state index in [0.29, 0.717) is 19.0 Å². The molecule has 26 heavy (non-hydrogen) atoms. The van der Waals surface area contributed by atoms with Crippen molar-refractivity contribution >= 4 is 12.0 Å². The Morgan fingerprint density at radius 2 is 1.54 bits per heavy atom. The van der Waals surface area contributed by atoms with Crippen molar-refractivity contribution in [3.8, 4) is 17.6 Å². The van der Waals surface area contributed by atoms with Crippen LogP contribution >= 0.6 is 0 Å². The predicted molar refractivity (Wildman–Crippen MR) is 98.8 cm³/mol. The fourth-order valence-corrected chi connectivity index (χ4v) is 2.13. The van der Waals surface area contributed by atoms with Crippen LogP contribution in [-0.4, -0.2) is 25.8 Å². The highest BCUT2D eigenvalue weighted by Crippen LogP contribution is 2.16. The van der Waals surface area contributed by atoms with E-state index in [4.69, 9.17) is 19.5 Å². The molecule has 0 spiro atoms. The number of nitrogens with zero attached hydrogens (tertiary/aromatic N) is 1. The van der Waals surface area contributed by atoms with E-state index in [1.54, 1.807) is 31.2 Å². The van der Waals surface area contributed by atoms with E-state index >= 15 is 0 Å². The van der Waals surface area contributed by atoms with E-state index < -0.39 is 5.97 Å². The Morgan fingerprint density at radius 1 is 1.00 bits per heavy atom. The van der Waals surface area contributed by atoms with E-state index in [1.807, 2.05) is 37.3 Å². The lowest BCUT2D eigenvalue weighted by atomic mass is 10.1. The zero-order chi connectivity index (χ0) is 18.8. The second-order valence-corrected chi connectivity index (χ2v) is 5.47. The Balaban J connectivity index is 1.84. The number of rotatable bonds is 8. The predicted octanol–water partition coefficient (Wildman–Crippen LogP) is 3.92. The van der Waals surface area contributed by atoms with E-state index in [0.717, 1.165) is 11.3 Å². The fraction of sp³-hybridized carbons (Fsp3) is 0.238. The summed E-state index contributed by atoms with van der Waals surface area (Å²) in [6.07, 6.45) is 1.49. The highest BCUT2D eigenvalue weighted by molar-refractivity contribution is 5.97. The summed E-state index contributed by atoms with van der Waals surface area (Å²) >= 11 is 0. The molecule has 0 heterocycles. The largest absolute Gasteiger partial charge is 0.490 e.